The van der Waals surface area contributed by atoms with Crippen LogP contribution in [0.1, 0.15) is 41.4 Å². The number of carbonyl (C=O) groups excluding carboxylic acids is 1. The maximum absolute atomic E-state index is 14.5. The Labute approximate surface area is 169 Å². The van der Waals surface area contributed by atoms with Gasteiger partial charge in [-0.25, -0.2) is 17.2 Å². The SMILES string of the molecule is Cc1ccccc1[C@H](C)Nc1cc(F)c(C(=O)N[C@H](C)/C=C/S(C)(=O)=O)cc1F. The Morgan fingerprint density at radius 1 is 1.10 bits per heavy atom. The fourth-order valence-electron chi connectivity index (χ4n) is 2.81. The average molecular weight is 422 g/mol. The number of benzene rings is 2. The second-order valence-electron chi connectivity index (χ2n) is 6.95. The molecule has 0 aliphatic heterocycles. The van der Waals surface area contributed by atoms with Gasteiger partial charge in [0, 0.05) is 29.8 Å². The highest BCUT2D eigenvalue weighted by Gasteiger charge is 2.19. The van der Waals surface area contributed by atoms with Crippen molar-refractivity contribution in [1.82, 2.24) is 5.32 Å². The van der Waals surface area contributed by atoms with Crippen LogP contribution in [0.25, 0.3) is 0 Å². The molecular formula is C21H24F2N2O3S. The lowest BCUT2D eigenvalue weighted by atomic mass is 10.0. The van der Waals surface area contributed by atoms with Crippen LogP contribution in [-0.4, -0.2) is 26.6 Å². The minimum atomic E-state index is -3.35. The molecule has 2 aromatic rings. The Morgan fingerprint density at radius 3 is 2.38 bits per heavy atom. The molecule has 0 bridgehead atoms. The molecule has 2 N–H and O–H groups in total. The van der Waals surface area contributed by atoms with E-state index in [4.69, 9.17) is 0 Å². The zero-order valence-electron chi connectivity index (χ0n) is 16.7. The second kappa shape index (κ2) is 9.17. The number of amides is 1. The number of carbonyl (C=O) groups is 1. The topological polar surface area (TPSA) is 75.3 Å². The summed E-state index contributed by atoms with van der Waals surface area (Å²) in [6, 6.07) is 8.40. The van der Waals surface area contributed by atoms with E-state index >= 15 is 0 Å². The molecule has 156 valence electrons. The summed E-state index contributed by atoms with van der Waals surface area (Å²) in [5.74, 6) is -2.50. The number of hydrogen-bond donors (Lipinski definition) is 2. The van der Waals surface area contributed by atoms with Crippen molar-refractivity contribution in [3.63, 3.8) is 0 Å². The molecule has 0 unspecified atom stereocenters. The van der Waals surface area contributed by atoms with E-state index in [9.17, 15) is 22.0 Å². The summed E-state index contributed by atoms with van der Waals surface area (Å²) in [5.41, 5.74) is 1.44. The summed E-state index contributed by atoms with van der Waals surface area (Å²) in [5, 5.41) is 6.28. The number of anilines is 1. The van der Waals surface area contributed by atoms with Crippen molar-refractivity contribution in [3.8, 4) is 0 Å². The van der Waals surface area contributed by atoms with Crippen LogP contribution in [-0.2, 0) is 9.84 Å². The molecule has 8 heteroatoms. The second-order valence-corrected chi connectivity index (χ2v) is 8.89. The zero-order chi connectivity index (χ0) is 21.8. The highest BCUT2D eigenvalue weighted by atomic mass is 32.2. The maximum atomic E-state index is 14.5. The van der Waals surface area contributed by atoms with E-state index in [0.29, 0.717) is 0 Å². The number of nitrogens with one attached hydrogen (secondary N) is 2. The molecule has 0 heterocycles. The largest absolute Gasteiger partial charge is 0.376 e. The summed E-state index contributed by atoms with van der Waals surface area (Å²) in [7, 11) is -3.35. The van der Waals surface area contributed by atoms with Crippen LogP contribution in [0.15, 0.2) is 47.9 Å². The monoisotopic (exact) mass is 422 g/mol. The zero-order valence-corrected chi connectivity index (χ0v) is 17.5. The van der Waals surface area contributed by atoms with E-state index in [1.54, 1.807) is 0 Å². The Kier molecular flexibility index (Phi) is 7.13. The van der Waals surface area contributed by atoms with E-state index in [2.05, 4.69) is 10.6 Å². The quantitative estimate of drug-likeness (QED) is 0.704. The Hall–Kier alpha value is -2.74. The van der Waals surface area contributed by atoms with Crippen molar-refractivity contribution in [1.29, 1.82) is 0 Å². The molecule has 0 saturated heterocycles. The molecule has 0 fully saturated rings. The van der Waals surface area contributed by atoms with Gasteiger partial charge in [-0.05, 0) is 38.0 Å². The van der Waals surface area contributed by atoms with Crippen molar-refractivity contribution >= 4 is 21.4 Å². The normalized spacial score (nSPS) is 13.9. The fraction of sp³-hybridized carbons (Fsp3) is 0.286. The molecular weight excluding hydrogens is 398 g/mol. The van der Waals surface area contributed by atoms with Crippen LogP contribution in [0, 0.1) is 18.6 Å². The highest BCUT2D eigenvalue weighted by molar-refractivity contribution is 7.93. The van der Waals surface area contributed by atoms with Gasteiger partial charge in [-0.3, -0.25) is 4.79 Å². The first-order valence-electron chi connectivity index (χ1n) is 8.98. The molecule has 2 atom stereocenters. The van der Waals surface area contributed by atoms with E-state index in [-0.39, 0.29) is 11.7 Å². The Balaban J connectivity index is 2.17. The summed E-state index contributed by atoms with van der Waals surface area (Å²) in [6.07, 6.45) is 2.26. The van der Waals surface area contributed by atoms with Gasteiger partial charge >= 0.3 is 0 Å². The molecule has 2 rings (SSSR count). The van der Waals surface area contributed by atoms with Gasteiger partial charge in [0.05, 0.1) is 11.3 Å². The van der Waals surface area contributed by atoms with E-state index in [1.165, 1.54) is 13.0 Å². The third-order valence-electron chi connectivity index (χ3n) is 4.30. The van der Waals surface area contributed by atoms with Gasteiger partial charge in [0.2, 0.25) is 0 Å². The fourth-order valence-corrected chi connectivity index (χ4v) is 3.33. The Bertz CT molecular complexity index is 1040. The van der Waals surface area contributed by atoms with Crippen molar-refractivity contribution in [2.24, 2.45) is 0 Å². The molecule has 29 heavy (non-hydrogen) atoms. The first-order chi connectivity index (χ1) is 13.5. The van der Waals surface area contributed by atoms with Crippen molar-refractivity contribution in [3.05, 3.63) is 76.2 Å². The molecule has 0 spiro atoms. The lowest BCUT2D eigenvalue weighted by Crippen LogP contribution is -2.32. The summed E-state index contributed by atoms with van der Waals surface area (Å²) in [4.78, 5) is 12.2. The van der Waals surface area contributed by atoms with Gasteiger partial charge in [-0.1, -0.05) is 30.3 Å². The molecule has 5 nitrogen and oxygen atoms in total. The number of halogens is 2. The number of aryl methyl sites for hydroxylation is 1. The third-order valence-corrected chi connectivity index (χ3v) is 4.95. The molecule has 0 aliphatic rings. The van der Waals surface area contributed by atoms with Crippen molar-refractivity contribution < 1.29 is 22.0 Å². The molecule has 0 radical (unpaired) electrons. The van der Waals surface area contributed by atoms with Gasteiger partial charge in [0.1, 0.15) is 11.6 Å². The van der Waals surface area contributed by atoms with E-state index in [0.717, 1.165) is 34.9 Å². The van der Waals surface area contributed by atoms with Gasteiger partial charge in [0.25, 0.3) is 5.91 Å². The Morgan fingerprint density at radius 2 is 1.76 bits per heavy atom. The van der Waals surface area contributed by atoms with Gasteiger partial charge in [0.15, 0.2) is 9.84 Å². The van der Waals surface area contributed by atoms with Crippen LogP contribution < -0.4 is 10.6 Å². The molecule has 2 aromatic carbocycles. The predicted molar refractivity (Wildman–Crippen MR) is 110 cm³/mol. The standard InChI is InChI=1S/C21H24F2N2O3S/c1-13-7-5-6-8-16(13)15(3)25-20-12-18(22)17(11-19(20)23)21(26)24-14(2)9-10-29(4,27)28/h5-12,14-15,25H,1-4H3,(H,24,26)/b10-9+/t14-,15+/m1/s1. The van der Waals surface area contributed by atoms with Gasteiger partial charge in [-0.15, -0.1) is 0 Å². The van der Waals surface area contributed by atoms with Crippen molar-refractivity contribution in [2.75, 3.05) is 11.6 Å². The molecule has 1 amide bonds. The van der Waals surface area contributed by atoms with Gasteiger partial charge in [-0.2, -0.15) is 0 Å². The summed E-state index contributed by atoms with van der Waals surface area (Å²) < 4.78 is 51.2. The smallest absolute Gasteiger partial charge is 0.254 e. The minimum Gasteiger partial charge on any atom is -0.376 e. The summed E-state index contributed by atoms with van der Waals surface area (Å²) in [6.45, 7) is 5.28. The minimum absolute atomic E-state index is 0.0557. The number of sulfone groups is 1. The maximum Gasteiger partial charge on any atom is 0.254 e. The van der Waals surface area contributed by atoms with Crippen LogP contribution in [0.4, 0.5) is 14.5 Å². The first-order valence-corrected chi connectivity index (χ1v) is 10.9. The molecule has 0 aliphatic carbocycles. The van der Waals surface area contributed by atoms with Crippen molar-refractivity contribution in [2.45, 2.75) is 32.9 Å². The average Bonchev–Trinajstić information content (AvgIpc) is 2.62. The lowest BCUT2D eigenvalue weighted by Gasteiger charge is -2.19. The lowest BCUT2D eigenvalue weighted by molar-refractivity contribution is 0.0942. The van der Waals surface area contributed by atoms with Crippen LogP contribution in [0.2, 0.25) is 0 Å². The van der Waals surface area contributed by atoms with Crippen LogP contribution >= 0.6 is 0 Å². The highest BCUT2D eigenvalue weighted by Crippen LogP contribution is 2.26. The molecule has 0 aromatic heterocycles. The van der Waals surface area contributed by atoms with E-state index in [1.807, 2.05) is 38.1 Å². The summed E-state index contributed by atoms with van der Waals surface area (Å²) >= 11 is 0. The first kappa shape index (κ1) is 22.5. The predicted octanol–water partition coefficient (Wildman–Crippen LogP) is 4.12. The van der Waals surface area contributed by atoms with Crippen LogP contribution in [0.5, 0.6) is 0 Å². The number of hydrogen-bond acceptors (Lipinski definition) is 4. The van der Waals surface area contributed by atoms with E-state index < -0.39 is 39.0 Å². The third kappa shape index (κ3) is 6.39. The number of rotatable bonds is 7. The molecule has 0 saturated carbocycles. The van der Waals surface area contributed by atoms with Crippen LogP contribution in [0.3, 0.4) is 0 Å². The van der Waals surface area contributed by atoms with Gasteiger partial charge < -0.3 is 10.6 Å².